The Morgan fingerprint density at radius 3 is 2.23 bits per heavy atom. The molecule has 76 valence electrons. The van der Waals surface area contributed by atoms with Gasteiger partial charge in [-0.2, -0.15) is 0 Å². The van der Waals surface area contributed by atoms with Crippen molar-refractivity contribution in [2.24, 2.45) is 0 Å². The molecule has 0 amide bonds. The minimum atomic E-state index is 1.06. The summed E-state index contributed by atoms with van der Waals surface area (Å²) in [6.07, 6.45) is 5.15. The lowest BCUT2D eigenvalue weighted by Gasteiger charge is -2.19. The van der Waals surface area contributed by atoms with Gasteiger partial charge in [-0.15, -0.1) is 0 Å². The van der Waals surface area contributed by atoms with Gasteiger partial charge in [0.05, 0.1) is 0 Å². The first-order chi connectivity index (χ1) is 6.20. The fraction of sp³-hybridized carbons (Fsp3) is 0.667. The second kappa shape index (κ2) is 6.76. The van der Waals surface area contributed by atoms with Crippen molar-refractivity contribution < 1.29 is 0 Å². The Kier molecular flexibility index (Phi) is 6.38. The van der Waals surface area contributed by atoms with Gasteiger partial charge in [-0.05, 0) is 39.5 Å². The third-order valence-corrected chi connectivity index (χ3v) is 2.11. The Morgan fingerprint density at radius 2 is 1.77 bits per heavy atom. The fourth-order valence-corrected chi connectivity index (χ4v) is 1.48. The van der Waals surface area contributed by atoms with E-state index in [0.29, 0.717) is 0 Å². The molecule has 1 aliphatic carbocycles. The third kappa shape index (κ3) is 4.76. The van der Waals surface area contributed by atoms with Crippen molar-refractivity contribution >= 4 is 0 Å². The Bertz CT molecular complexity index is 189. The van der Waals surface area contributed by atoms with Crippen LogP contribution in [-0.4, -0.2) is 0 Å². The standard InChI is InChI=1S/C10H17N.C2H6/c1-8(2)11-10-7-5-4-6-9(10)3;1-2/h11H,1,4-7H2,2-3H3;1-2H3. The number of hydrogen-bond acceptors (Lipinski definition) is 1. The molecular weight excluding hydrogens is 158 g/mol. The van der Waals surface area contributed by atoms with Crippen molar-refractivity contribution in [2.45, 2.75) is 53.4 Å². The van der Waals surface area contributed by atoms with E-state index >= 15 is 0 Å². The molecule has 1 N–H and O–H groups in total. The molecule has 0 unspecified atom stereocenters. The topological polar surface area (TPSA) is 12.0 Å². The predicted molar refractivity (Wildman–Crippen MR) is 60.5 cm³/mol. The predicted octanol–water partition coefficient (Wildman–Crippen LogP) is 3.98. The molecule has 1 nitrogen and oxygen atoms in total. The smallest absolute Gasteiger partial charge is 0.0137 e. The van der Waals surface area contributed by atoms with Gasteiger partial charge in [0, 0.05) is 11.4 Å². The first-order valence-electron chi connectivity index (χ1n) is 5.31. The van der Waals surface area contributed by atoms with Crippen molar-refractivity contribution in [1.82, 2.24) is 5.32 Å². The molecule has 0 radical (unpaired) electrons. The quantitative estimate of drug-likeness (QED) is 0.679. The normalized spacial score (nSPS) is 16.0. The van der Waals surface area contributed by atoms with Crippen LogP contribution in [0.4, 0.5) is 0 Å². The second-order valence-electron chi connectivity index (χ2n) is 3.37. The minimum absolute atomic E-state index is 1.06. The van der Waals surface area contributed by atoms with E-state index in [1.165, 1.54) is 37.0 Å². The van der Waals surface area contributed by atoms with Crippen LogP contribution < -0.4 is 5.32 Å². The molecule has 0 saturated heterocycles. The van der Waals surface area contributed by atoms with Gasteiger partial charge in [-0.3, -0.25) is 0 Å². The van der Waals surface area contributed by atoms with Crippen molar-refractivity contribution in [2.75, 3.05) is 0 Å². The van der Waals surface area contributed by atoms with E-state index in [-0.39, 0.29) is 0 Å². The molecule has 0 atom stereocenters. The van der Waals surface area contributed by atoms with Gasteiger partial charge in [0.1, 0.15) is 0 Å². The summed E-state index contributed by atoms with van der Waals surface area (Å²) in [7, 11) is 0. The van der Waals surface area contributed by atoms with Gasteiger partial charge >= 0.3 is 0 Å². The lowest BCUT2D eigenvalue weighted by Crippen LogP contribution is -2.14. The maximum Gasteiger partial charge on any atom is 0.0137 e. The van der Waals surface area contributed by atoms with Crippen LogP contribution in [-0.2, 0) is 0 Å². The Hall–Kier alpha value is -0.720. The average Bonchev–Trinajstić information content (AvgIpc) is 2.12. The fourth-order valence-electron chi connectivity index (χ4n) is 1.48. The molecular formula is C12H23N. The monoisotopic (exact) mass is 181 g/mol. The maximum absolute atomic E-state index is 3.84. The lowest BCUT2D eigenvalue weighted by molar-refractivity contribution is 0.640. The molecule has 0 heterocycles. The van der Waals surface area contributed by atoms with Crippen LogP contribution in [0.3, 0.4) is 0 Å². The molecule has 1 rings (SSSR count). The van der Waals surface area contributed by atoms with Gasteiger partial charge in [0.25, 0.3) is 0 Å². The molecule has 0 spiro atoms. The zero-order chi connectivity index (χ0) is 10.3. The minimum Gasteiger partial charge on any atom is -0.363 e. The third-order valence-electron chi connectivity index (χ3n) is 2.11. The van der Waals surface area contributed by atoms with E-state index in [4.69, 9.17) is 0 Å². The van der Waals surface area contributed by atoms with Gasteiger partial charge in [-0.25, -0.2) is 0 Å². The molecule has 0 fully saturated rings. The van der Waals surface area contributed by atoms with Crippen LogP contribution in [0.25, 0.3) is 0 Å². The summed E-state index contributed by atoms with van der Waals surface area (Å²) in [5.41, 5.74) is 3.98. The molecule has 1 aliphatic rings. The average molecular weight is 181 g/mol. The molecule has 13 heavy (non-hydrogen) atoms. The van der Waals surface area contributed by atoms with Gasteiger partial charge in [-0.1, -0.05) is 26.0 Å². The molecule has 0 aromatic rings. The van der Waals surface area contributed by atoms with Crippen LogP contribution in [0.2, 0.25) is 0 Å². The summed E-state index contributed by atoms with van der Waals surface area (Å²) < 4.78 is 0. The van der Waals surface area contributed by atoms with Crippen molar-refractivity contribution in [3.63, 3.8) is 0 Å². The maximum atomic E-state index is 3.84. The number of hydrogen-bond donors (Lipinski definition) is 1. The van der Waals surface area contributed by atoms with Crippen LogP contribution in [0.15, 0.2) is 23.5 Å². The molecule has 0 aliphatic heterocycles. The van der Waals surface area contributed by atoms with E-state index in [0.717, 1.165) is 5.70 Å². The summed E-state index contributed by atoms with van der Waals surface area (Å²) in [5, 5.41) is 3.32. The second-order valence-corrected chi connectivity index (χ2v) is 3.37. The van der Waals surface area contributed by atoms with E-state index in [1.807, 2.05) is 20.8 Å². The largest absolute Gasteiger partial charge is 0.363 e. The first-order valence-corrected chi connectivity index (χ1v) is 5.31. The van der Waals surface area contributed by atoms with E-state index in [1.54, 1.807) is 0 Å². The number of allylic oxidation sites excluding steroid dienone is 3. The van der Waals surface area contributed by atoms with Crippen LogP contribution in [0.1, 0.15) is 53.4 Å². The van der Waals surface area contributed by atoms with E-state index in [9.17, 15) is 0 Å². The Balaban J connectivity index is 0.000000671. The molecule has 0 bridgehead atoms. The van der Waals surface area contributed by atoms with Crippen LogP contribution in [0.5, 0.6) is 0 Å². The highest BCUT2D eigenvalue weighted by atomic mass is 14.9. The summed E-state index contributed by atoms with van der Waals surface area (Å²) in [5.74, 6) is 0. The molecule has 1 heteroatoms. The Morgan fingerprint density at radius 1 is 1.23 bits per heavy atom. The lowest BCUT2D eigenvalue weighted by atomic mass is 9.97. The number of rotatable bonds is 2. The summed E-state index contributed by atoms with van der Waals surface area (Å²) in [6, 6.07) is 0. The number of nitrogens with one attached hydrogen (secondary N) is 1. The highest BCUT2D eigenvalue weighted by Crippen LogP contribution is 2.22. The van der Waals surface area contributed by atoms with E-state index < -0.39 is 0 Å². The summed E-state index contributed by atoms with van der Waals surface area (Å²) in [6.45, 7) is 12.1. The van der Waals surface area contributed by atoms with Gasteiger partial charge in [0.15, 0.2) is 0 Å². The highest BCUT2D eigenvalue weighted by molar-refractivity contribution is 5.16. The highest BCUT2D eigenvalue weighted by Gasteiger charge is 2.07. The summed E-state index contributed by atoms with van der Waals surface area (Å²) in [4.78, 5) is 0. The van der Waals surface area contributed by atoms with Crippen LogP contribution in [0, 0.1) is 0 Å². The molecule has 0 aromatic heterocycles. The van der Waals surface area contributed by atoms with Crippen molar-refractivity contribution in [3.05, 3.63) is 23.5 Å². The molecule has 0 saturated carbocycles. The van der Waals surface area contributed by atoms with Crippen LogP contribution >= 0.6 is 0 Å². The zero-order valence-corrected chi connectivity index (χ0v) is 9.54. The van der Waals surface area contributed by atoms with E-state index in [2.05, 4.69) is 18.8 Å². The van der Waals surface area contributed by atoms with Crippen molar-refractivity contribution in [1.29, 1.82) is 0 Å². The first kappa shape index (κ1) is 12.3. The zero-order valence-electron chi connectivity index (χ0n) is 9.54. The van der Waals surface area contributed by atoms with Gasteiger partial charge in [0.2, 0.25) is 0 Å². The van der Waals surface area contributed by atoms with Gasteiger partial charge < -0.3 is 5.32 Å². The summed E-state index contributed by atoms with van der Waals surface area (Å²) >= 11 is 0. The molecule has 0 aromatic carbocycles. The van der Waals surface area contributed by atoms with Crippen molar-refractivity contribution in [3.8, 4) is 0 Å². The SMILES string of the molecule is C=C(C)NC1=C(C)CCCC1.CC. The Labute approximate surface area is 82.9 Å².